The Bertz CT molecular complexity index is 588. The van der Waals surface area contributed by atoms with E-state index in [1.54, 1.807) is 0 Å². The van der Waals surface area contributed by atoms with Crippen LogP contribution in [0.5, 0.6) is 0 Å². The van der Waals surface area contributed by atoms with Crippen molar-refractivity contribution >= 4 is 11.5 Å². The summed E-state index contributed by atoms with van der Waals surface area (Å²) in [6.07, 6.45) is 1.50. The number of hydrogen-bond acceptors (Lipinski definition) is 3. The summed E-state index contributed by atoms with van der Waals surface area (Å²) in [5, 5.41) is 11.9. The molecule has 0 bridgehead atoms. The lowest BCUT2D eigenvalue weighted by Crippen LogP contribution is -2.28. The number of hydrogen-bond donors (Lipinski definition) is 2. The first-order valence-corrected chi connectivity index (χ1v) is 7.24. The van der Waals surface area contributed by atoms with E-state index in [0.29, 0.717) is 6.42 Å². The van der Waals surface area contributed by atoms with Crippen molar-refractivity contribution in [3.05, 3.63) is 47.8 Å². The minimum Gasteiger partial charge on any atom is -0.388 e. The van der Waals surface area contributed by atoms with Crippen LogP contribution in [0, 0.1) is 5.41 Å². The van der Waals surface area contributed by atoms with Crippen LogP contribution in [-0.2, 0) is 20.0 Å². The molecule has 0 saturated heterocycles. The van der Waals surface area contributed by atoms with E-state index < -0.39 is 0 Å². The average Bonchev–Trinajstić information content (AvgIpc) is 2.84. The Labute approximate surface area is 125 Å². The molecular formula is C16H23N5. The fraction of sp³-hybridized carbons (Fsp3) is 0.375. The minimum atomic E-state index is 0.218. The molecule has 0 spiro atoms. The summed E-state index contributed by atoms with van der Waals surface area (Å²) in [4.78, 5) is 2.23. The molecule has 1 aromatic heterocycles. The maximum absolute atomic E-state index is 7.44. The number of nitrogens with one attached hydrogen (secondary N) is 1. The standard InChI is InChI=1S/C16H23N5/c1-3-13-11-15(20(2)19-13)12-21(10-9-16(17)18)14-7-5-4-6-8-14/h4-8,11H,3,9-10,12H2,1-2H3,(H3,17,18). The van der Waals surface area contributed by atoms with E-state index >= 15 is 0 Å². The van der Waals surface area contributed by atoms with Crippen LogP contribution in [0.15, 0.2) is 36.4 Å². The maximum atomic E-state index is 7.44. The van der Waals surface area contributed by atoms with E-state index in [0.717, 1.165) is 30.9 Å². The Morgan fingerprint density at radius 3 is 2.62 bits per heavy atom. The lowest BCUT2D eigenvalue weighted by atomic mass is 10.2. The smallest absolute Gasteiger partial charge is 0.0923 e. The SMILES string of the molecule is CCc1cc(CN(CCC(=N)N)c2ccccc2)n(C)n1. The Hall–Kier alpha value is -2.30. The Balaban J connectivity index is 2.18. The van der Waals surface area contributed by atoms with Crippen molar-refractivity contribution in [2.45, 2.75) is 26.3 Å². The lowest BCUT2D eigenvalue weighted by molar-refractivity contribution is 0.673. The number of aryl methyl sites for hydroxylation is 2. The molecule has 1 heterocycles. The van der Waals surface area contributed by atoms with Crippen LogP contribution in [0.25, 0.3) is 0 Å². The van der Waals surface area contributed by atoms with Gasteiger partial charge in [-0.2, -0.15) is 5.10 Å². The van der Waals surface area contributed by atoms with Crippen LogP contribution in [0.1, 0.15) is 24.7 Å². The second-order valence-corrected chi connectivity index (χ2v) is 5.14. The molecule has 3 N–H and O–H groups in total. The van der Waals surface area contributed by atoms with Crippen molar-refractivity contribution in [1.82, 2.24) is 9.78 Å². The number of anilines is 1. The predicted octanol–water partition coefficient (Wildman–Crippen LogP) is 2.32. The number of nitrogens with zero attached hydrogens (tertiary/aromatic N) is 3. The molecule has 0 aliphatic carbocycles. The zero-order valence-corrected chi connectivity index (χ0v) is 12.7. The number of rotatable bonds is 7. The van der Waals surface area contributed by atoms with Gasteiger partial charge in [0.05, 0.1) is 23.8 Å². The molecule has 2 aromatic rings. The first-order chi connectivity index (χ1) is 10.1. The number of benzene rings is 1. The lowest BCUT2D eigenvalue weighted by Gasteiger charge is -2.24. The summed E-state index contributed by atoms with van der Waals surface area (Å²) >= 11 is 0. The summed E-state index contributed by atoms with van der Waals surface area (Å²) < 4.78 is 1.93. The molecule has 0 aliphatic rings. The van der Waals surface area contributed by atoms with Gasteiger partial charge in [-0.05, 0) is 24.6 Å². The van der Waals surface area contributed by atoms with Gasteiger partial charge in [-0.15, -0.1) is 0 Å². The molecule has 5 heteroatoms. The third-order valence-electron chi connectivity index (χ3n) is 3.51. The van der Waals surface area contributed by atoms with Crippen LogP contribution >= 0.6 is 0 Å². The van der Waals surface area contributed by atoms with Gasteiger partial charge in [0.2, 0.25) is 0 Å². The van der Waals surface area contributed by atoms with Gasteiger partial charge in [0, 0.05) is 25.7 Å². The molecule has 21 heavy (non-hydrogen) atoms. The molecule has 112 valence electrons. The molecule has 0 atom stereocenters. The summed E-state index contributed by atoms with van der Waals surface area (Å²) in [6, 6.07) is 12.4. The average molecular weight is 285 g/mol. The van der Waals surface area contributed by atoms with Crippen molar-refractivity contribution in [2.24, 2.45) is 12.8 Å². The van der Waals surface area contributed by atoms with Gasteiger partial charge in [0.15, 0.2) is 0 Å². The second-order valence-electron chi connectivity index (χ2n) is 5.14. The van der Waals surface area contributed by atoms with E-state index in [-0.39, 0.29) is 5.84 Å². The van der Waals surface area contributed by atoms with Crippen LogP contribution in [0.3, 0.4) is 0 Å². The molecule has 0 saturated carbocycles. The topological polar surface area (TPSA) is 70.9 Å². The van der Waals surface area contributed by atoms with Crippen LogP contribution in [0.2, 0.25) is 0 Å². The molecule has 0 unspecified atom stereocenters. The molecule has 0 amide bonds. The van der Waals surface area contributed by atoms with Gasteiger partial charge in [-0.1, -0.05) is 25.1 Å². The first kappa shape index (κ1) is 15.1. The zero-order chi connectivity index (χ0) is 15.2. The van der Waals surface area contributed by atoms with Crippen molar-refractivity contribution < 1.29 is 0 Å². The molecule has 0 aliphatic heterocycles. The van der Waals surface area contributed by atoms with Crippen molar-refractivity contribution in [3.8, 4) is 0 Å². The van der Waals surface area contributed by atoms with E-state index in [4.69, 9.17) is 11.1 Å². The summed E-state index contributed by atoms with van der Waals surface area (Å²) in [6.45, 7) is 3.60. The third-order valence-corrected chi connectivity index (χ3v) is 3.51. The Kier molecular flexibility index (Phi) is 4.98. The summed E-state index contributed by atoms with van der Waals surface area (Å²) in [5.41, 5.74) is 8.91. The first-order valence-electron chi connectivity index (χ1n) is 7.24. The molecule has 5 nitrogen and oxygen atoms in total. The Morgan fingerprint density at radius 1 is 1.33 bits per heavy atom. The van der Waals surface area contributed by atoms with Gasteiger partial charge >= 0.3 is 0 Å². The summed E-state index contributed by atoms with van der Waals surface area (Å²) in [5.74, 6) is 0.218. The van der Waals surface area contributed by atoms with Crippen molar-refractivity contribution in [3.63, 3.8) is 0 Å². The fourth-order valence-corrected chi connectivity index (χ4v) is 2.28. The summed E-state index contributed by atoms with van der Waals surface area (Å²) in [7, 11) is 1.97. The number of nitrogens with two attached hydrogens (primary N) is 1. The molecular weight excluding hydrogens is 262 g/mol. The highest BCUT2D eigenvalue weighted by Crippen LogP contribution is 2.17. The van der Waals surface area contributed by atoms with Crippen LogP contribution < -0.4 is 10.6 Å². The number of amidine groups is 1. The third kappa shape index (κ3) is 4.08. The molecule has 1 aromatic carbocycles. The van der Waals surface area contributed by atoms with Gasteiger partial charge in [0.25, 0.3) is 0 Å². The van der Waals surface area contributed by atoms with Gasteiger partial charge < -0.3 is 10.6 Å². The van der Waals surface area contributed by atoms with Gasteiger partial charge in [-0.3, -0.25) is 10.1 Å². The van der Waals surface area contributed by atoms with E-state index in [1.165, 1.54) is 5.69 Å². The second kappa shape index (κ2) is 6.92. The quantitative estimate of drug-likeness (QED) is 0.606. The van der Waals surface area contributed by atoms with E-state index in [9.17, 15) is 0 Å². The van der Waals surface area contributed by atoms with Gasteiger partial charge in [0.1, 0.15) is 0 Å². The minimum absolute atomic E-state index is 0.218. The Morgan fingerprint density at radius 2 is 2.05 bits per heavy atom. The molecule has 0 fully saturated rings. The monoisotopic (exact) mass is 285 g/mol. The van der Waals surface area contributed by atoms with Crippen molar-refractivity contribution in [1.29, 1.82) is 5.41 Å². The highest BCUT2D eigenvalue weighted by Gasteiger charge is 2.11. The zero-order valence-electron chi connectivity index (χ0n) is 12.7. The van der Waals surface area contributed by atoms with Gasteiger partial charge in [-0.25, -0.2) is 0 Å². The van der Waals surface area contributed by atoms with E-state index in [1.807, 2.05) is 29.9 Å². The highest BCUT2D eigenvalue weighted by molar-refractivity contribution is 5.77. The molecule has 0 radical (unpaired) electrons. The molecule has 2 rings (SSSR count). The highest BCUT2D eigenvalue weighted by atomic mass is 15.3. The largest absolute Gasteiger partial charge is 0.388 e. The fourth-order valence-electron chi connectivity index (χ4n) is 2.28. The van der Waals surface area contributed by atoms with Crippen LogP contribution in [0.4, 0.5) is 5.69 Å². The maximum Gasteiger partial charge on any atom is 0.0923 e. The predicted molar refractivity (Wildman–Crippen MR) is 86.6 cm³/mol. The van der Waals surface area contributed by atoms with Crippen molar-refractivity contribution in [2.75, 3.05) is 11.4 Å². The van der Waals surface area contributed by atoms with E-state index in [2.05, 4.69) is 35.1 Å². The normalized spacial score (nSPS) is 10.6. The number of para-hydroxylation sites is 1. The van der Waals surface area contributed by atoms with Crippen LogP contribution in [-0.4, -0.2) is 22.2 Å². The number of aromatic nitrogens is 2.